The summed E-state index contributed by atoms with van der Waals surface area (Å²) in [7, 11) is 0. The maximum atomic E-state index is 12.0. The Hall–Kier alpha value is -2.30. The second kappa shape index (κ2) is 5.14. The van der Waals surface area contributed by atoms with Crippen molar-refractivity contribution in [3.63, 3.8) is 0 Å². The van der Waals surface area contributed by atoms with E-state index in [1.165, 1.54) is 0 Å². The van der Waals surface area contributed by atoms with Gasteiger partial charge in [0.2, 0.25) is 5.89 Å². The first-order chi connectivity index (χ1) is 8.99. The van der Waals surface area contributed by atoms with E-state index in [1.807, 2.05) is 20.8 Å². The van der Waals surface area contributed by atoms with Gasteiger partial charge >= 0.3 is 0 Å². The Kier molecular flexibility index (Phi) is 3.55. The van der Waals surface area contributed by atoms with Crippen LogP contribution in [0.5, 0.6) is 0 Å². The predicted octanol–water partition coefficient (Wildman–Crippen LogP) is 2.11. The number of carbonyl (C=O) groups is 1. The maximum absolute atomic E-state index is 12.0. The molecule has 1 aromatic heterocycles. The highest BCUT2D eigenvalue weighted by molar-refractivity contribution is 5.96. The van der Waals surface area contributed by atoms with Gasteiger partial charge in [-0.15, -0.1) is 0 Å². The van der Waals surface area contributed by atoms with E-state index in [4.69, 9.17) is 10.2 Å². The number of nitrogen functional groups attached to an aromatic ring is 1. The van der Waals surface area contributed by atoms with Gasteiger partial charge in [-0.3, -0.25) is 4.79 Å². The van der Waals surface area contributed by atoms with Crippen LogP contribution in [-0.4, -0.2) is 10.9 Å². The van der Waals surface area contributed by atoms with Crippen LogP contribution < -0.4 is 11.1 Å². The van der Waals surface area contributed by atoms with E-state index in [0.717, 1.165) is 17.0 Å². The molecule has 0 bridgehead atoms. The lowest BCUT2D eigenvalue weighted by Crippen LogP contribution is -2.24. The highest BCUT2D eigenvalue weighted by Crippen LogP contribution is 2.15. The fourth-order valence-electron chi connectivity index (χ4n) is 1.77. The fraction of sp³-hybridized carbons (Fsp3) is 0.286. The highest BCUT2D eigenvalue weighted by atomic mass is 16.4. The number of amides is 1. The van der Waals surface area contributed by atoms with Crippen LogP contribution in [0.2, 0.25) is 0 Å². The average molecular weight is 259 g/mol. The lowest BCUT2D eigenvalue weighted by atomic mass is 10.1. The molecule has 1 amide bonds. The molecule has 0 aliphatic carbocycles. The van der Waals surface area contributed by atoms with Crippen molar-refractivity contribution >= 4 is 11.6 Å². The van der Waals surface area contributed by atoms with E-state index < -0.39 is 0 Å². The van der Waals surface area contributed by atoms with E-state index in [2.05, 4.69) is 10.3 Å². The summed E-state index contributed by atoms with van der Waals surface area (Å²) in [5.41, 5.74) is 8.57. The normalized spacial score (nSPS) is 10.5. The van der Waals surface area contributed by atoms with Crippen LogP contribution >= 0.6 is 0 Å². The van der Waals surface area contributed by atoms with E-state index in [-0.39, 0.29) is 12.5 Å². The lowest BCUT2D eigenvalue weighted by Gasteiger charge is -2.07. The number of benzene rings is 1. The Balaban J connectivity index is 2.07. The van der Waals surface area contributed by atoms with Gasteiger partial charge in [0.15, 0.2) is 0 Å². The molecule has 0 spiro atoms. The first-order valence-corrected chi connectivity index (χ1v) is 6.05. The molecule has 0 aliphatic heterocycles. The molecule has 0 saturated heterocycles. The fourth-order valence-corrected chi connectivity index (χ4v) is 1.77. The summed E-state index contributed by atoms with van der Waals surface area (Å²) in [6.45, 7) is 5.80. The summed E-state index contributed by atoms with van der Waals surface area (Å²) in [5.74, 6) is 1.09. The molecule has 2 rings (SSSR count). The predicted molar refractivity (Wildman–Crippen MR) is 72.7 cm³/mol. The quantitative estimate of drug-likeness (QED) is 0.827. The molecule has 5 nitrogen and oxygen atoms in total. The van der Waals surface area contributed by atoms with Crippen molar-refractivity contribution in [3.8, 4) is 0 Å². The number of nitrogens with zero attached hydrogens (tertiary/aromatic N) is 1. The monoisotopic (exact) mass is 259 g/mol. The molecule has 0 radical (unpaired) electrons. The number of nitrogens with one attached hydrogen (secondary N) is 1. The molecule has 1 aromatic carbocycles. The molecule has 19 heavy (non-hydrogen) atoms. The van der Waals surface area contributed by atoms with E-state index >= 15 is 0 Å². The van der Waals surface area contributed by atoms with Crippen molar-refractivity contribution in [2.24, 2.45) is 0 Å². The number of carbonyl (C=O) groups excluding carboxylic acids is 1. The maximum Gasteiger partial charge on any atom is 0.252 e. The average Bonchev–Trinajstić information content (AvgIpc) is 2.69. The molecule has 1 heterocycles. The number of anilines is 1. The van der Waals surface area contributed by atoms with E-state index in [9.17, 15) is 4.79 Å². The summed E-state index contributed by atoms with van der Waals surface area (Å²) in [6, 6.07) is 5.27. The molecule has 0 aliphatic rings. The van der Waals surface area contributed by atoms with Crippen molar-refractivity contribution in [1.82, 2.24) is 10.3 Å². The number of nitrogens with two attached hydrogens (primary N) is 1. The number of hydrogen-bond acceptors (Lipinski definition) is 4. The Morgan fingerprint density at radius 1 is 1.37 bits per heavy atom. The van der Waals surface area contributed by atoms with Crippen molar-refractivity contribution in [1.29, 1.82) is 0 Å². The van der Waals surface area contributed by atoms with Gasteiger partial charge in [0.25, 0.3) is 5.91 Å². The highest BCUT2D eigenvalue weighted by Gasteiger charge is 2.12. The smallest absolute Gasteiger partial charge is 0.252 e. The molecule has 0 atom stereocenters. The molecule has 2 aromatic rings. The zero-order chi connectivity index (χ0) is 14.0. The molecule has 100 valence electrons. The second-order valence-electron chi connectivity index (χ2n) is 4.45. The lowest BCUT2D eigenvalue weighted by molar-refractivity contribution is 0.0946. The molecule has 0 unspecified atom stereocenters. The minimum atomic E-state index is -0.182. The summed E-state index contributed by atoms with van der Waals surface area (Å²) in [6.07, 6.45) is 0. The Bertz CT molecular complexity index is 598. The standard InChI is InChI=1S/C14H17N3O2/c1-8-11(5-4-6-12(8)15)14(18)16-7-13-17-9(2)10(3)19-13/h4-6H,7,15H2,1-3H3,(H,16,18). The van der Waals surface area contributed by atoms with Gasteiger partial charge in [0.05, 0.1) is 12.2 Å². The van der Waals surface area contributed by atoms with Crippen molar-refractivity contribution in [2.45, 2.75) is 27.3 Å². The van der Waals surface area contributed by atoms with Crippen LogP contribution in [0.3, 0.4) is 0 Å². The number of rotatable bonds is 3. The minimum absolute atomic E-state index is 0.182. The molecular weight excluding hydrogens is 242 g/mol. The van der Waals surface area contributed by atoms with Crippen LogP contribution in [0, 0.1) is 20.8 Å². The summed E-state index contributed by atoms with van der Waals surface area (Å²) in [4.78, 5) is 16.3. The van der Waals surface area contributed by atoms with Gasteiger partial charge in [0, 0.05) is 11.3 Å². The summed E-state index contributed by atoms with van der Waals surface area (Å²) < 4.78 is 5.40. The Morgan fingerprint density at radius 2 is 2.11 bits per heavy atom. The zero-order valence-electron chi connectivity index (χ0n) is 11.3. The minimum Gasteiger partial charge on any atom is -0.444 e. The van der Waals surface area contributed by atoms with Crippen LogP contribution in [0.1, 0.15) is 33.3 Å². The van der Waals surface area contributed by atoms with Gasteiger partial charge in [-0.05, 0) is 38.5 Å². The van der Waals surface area contributed by atoms with Crippen LogP contribution in [-0.2, 0) is 6.54 Å². The number of aromatic nitrogens is 1. The van der Waals surface area contributed by atoms with Gasteiger partial charge in [0.1, 0.15) is 5.76 Å². The van der Waals surface area contributed by atoms with Crippen molar-refractivity contribution < 1.29 is 9.21 Å². The zero-order valence-corrected chi connectivity index (χ0v) is 11.3. The molecule has 0 fully saturated rings. The Morgan fingerprint density at radius 3 is 2.74 bits per heavy atom. The Labute approximate surface area is 111 Å². The molecule has 3 N–H and O–H groups in total. The second-order valence-corrected chi connectivity index (χ2v) is 4.45. The molecule has 0 saturated carbocycles. The SMILES string of the molecule is Cc1nc(CNC(=O)c2cccc(N)c2C)oc1C. The number of aryl methyl sites for hydroxylation is 2. The van der Waals surface area contributed by atoms with E-state index in [0.29, 0.717) is 17.1 Å². The first-order valence-electron chi connectivity index (χ1n) is 6.05. The van der Waals surface area contributed by atoms with Gasteiger partial charge in [-0.25, -0.2) is 4.98 Å². The third kappa shape index (κ3) is 2.76. The van der Waals surface area contributed by atoms with Crippen molar-refractivity contribution in [2.75, 3.05) is 5.73 Å². The van der Waals surface area contributed by atoms with Gasteiger partial charge < -0.3 is 15.5 Å². The van der Waals surface area contributed by atoms with Crippen LogP contribution in [0.15, 0.2) is 22.6 Å². The third-order valence-electron chi connectivity index (χ3n) is 3.09. The van der Waals surface area contributed by atoms with Crippen LogP contribution in [0.4, 0.5) is 5.69 Å². The first kappa shape index (κ1) is 13.1. The number of oxazole rings is 1. The van der Waals surface area contributed by atoms with Crippen molar-refractivity contribution in [3.05, 3.63) is 46.7 Å². The van der Waals surface area contributed by atoms with E-state index in [1.54, 1.807) is 18.2 Å². The summed E-state index contributed by atoms with van der Waals surface area (Å²) >= 11 is 0. The van der Waals surface area contributed by atoms with Gasteiger partial charge in [-0.1, -0.05) is 6.07 Å². The van der Waals surface area contributed by atoms with Crippen LogP contribution in [0.25, 0.3) is 0 Å². The largest absolute Gasteiger partial charge is 0.444 e. The third-order valence-corrected chi connectivity index (χ3v) is 3.09. The topological polar surface area (TPSA) is 81.2 Å². The van der Waals surface area contributed by atoms with Gasteiger partial charge in [-0.2, -0.15) is 0 Å². The number of hydrogen-bond donors (Lipinski definition) is 2. The molecule has 5 heteroatoms. The summed E-state index contributed by atoms with van der Waals surface area (Å²) in [5, 5.41) is 2.77. The molecular formula is C14H17N3O2.